The number of hydrogen-bond acceptors (Lipinski definition) is 6. The molecule has 0 fully saturated rings. The molecule has 0 aliphatic heterocycles. The fourth-order valence-corrected chi connectivity index (χ4v) is 9.72. The van der Waals surface area contributed by atoms with E-state index in [2.05, 4.69) is 50.4 Å². The molecule has 10 heteroatoms. The Labute approximate surface area is 446 Å². The fraction of sp³-hybridized carbons (Fsp3) is 0.871. The van der Waals surface area contributed by atoms with Crippen molar-refractivity contribution in [1.29, 1.82) is 0 Å². The quantitative estimate of drug-likeness (QED) is 0.0205. The van der Waals surface area contributed by atoms with Crippen LogP contribution in [0, 0.1) is 0 Å². The standard InChI is InChI=1S/C62H119N2O7P/c1-7-10-13-16-19-22-25-28-30-31-32-33-35-36-39-42-45-48-51-54-61(65)63-59(58-70-72(67,68)69-57-56-64(4,5)6)60(53-50-47-44-41-38-27-24-21-18-15-12-9-3)71-62(66)55-52-49-46-43-40-37-34-29-26-23-20-17-14-11-8-2/h23,26,28,30,50,53,59-60H,7-22,24-25,27,29,31-49,51-52,54-58H2,1-6H3,(H-,63,65,67,68)/p+1/b26-23-,30-28+,53-50-. The molecule has 0 bridgehead atoms. The monoisotopic (exact) mass is 1040 g/mol. The maximum Gasteiger partial charge on any atom is 0.472 e. The van der Waals surface area contributed by atoms with Gasteiger partial charge >= 0.3 is 13.8 Å². The van der Waals surface area contributed by atoms with Crippen molar-refractivity contribution in [2.75, 3.05) is 40.9 Å². The molecule has 0 aromatic rings. The predicted octanol–water partition coefficient (Wildman–Crippen LogP) is 18.7. The molecule has 1 amide bonds. The predicted molar refractivity (Wildman–Crippen MR) is 309 cm³/mol. The van der Waals surface area contributed by atoms with Crippen LogP contribution in [0.15, 0.2) is 36.5 Å². The summed E-state index contributed by atoms with van der Waals surface area (Å²) >= 11 is 0. The van der Waals surface area contributed by atoms with Crippen LogP contribution in [0.25, 0.3) is 0 Å². The normalized spacial score (nSPS) is 13.9. The Morgan fingerprint density at radius 2 is 0.806 bits per heavy atom. The smallest absolute Gasteiger partial charge is 0.456 e. The number of hydrogen-bond donors (Lipinski definition) is 2. The largest absolute Gasteiger partial charge is 0.472 e. The van der Waals surface area contributed by atoms with Crippen LogP contribution < -0.4 is 5.32 Å². The Morgan fingerprint density at radius 1 is 0.472 bits per heavy atom. The van der Waals surface area contributed by atoms with E-state index in [1.807, 2.05) is 33.3 Å². The van der Waals surface area contributed by atoms with Gasteiger partial charge in [0.1, 0.15) is 19.3 Å². The lowest BCUT2D eigenvalue weighted by Crippen LogP contribution is -2.47. The van der Waals surface area contributed by atoms with E-state index >= 15 is 0 Å². The van der Waals surface area contributed by atoms with Crippen LogP contribution in [0.3, 0.4) is 0 Å². The molecule has 9 nitrogen and oxygen atoms in total. The first-order valence-electron chi connectivity index (χ1n) is 30.8. The Morgan fingerprint density at radius 3 is 1.19 bits per heavy atom. The van der Waals surface area contributed by atoms with Crippen LogP contribution >= 0.6 is 7.82 Å². The van der Waals surface area contributed by atoms with Gasteiger partial charge in [-0.2, -0.15) is 0 Å². The number of carbonyl (C=O) groups excluding carboxylic acids is 2. The lowest BCUT2D eigenvalue weighted by Gasteiger charge is -2.27. The minimum absolute atomic E-state index is 0.0407. The summed E-state index contributed by atoms with van der Waals surface area (Å²) in [5, 5.41) is 3.06. The van der Waals surface area contributed by atoms with Gasteiger partial charge in [-0.3, -0.25) is 18.6 Å². The number of carbonyl (C=O) groups is 2. The van der Waals surface area contributed by atoms with Gasteiger partial charge in [0.05, 0.1) is 33.8 Å². The SMILES string of the molecule is CCCCCC/C=C\CCCCCCCCCC(=O)OC(/C=C\CCCCCCCCCCCC)C(COP(=O)(O)OCC[N+](C)(C)C)NC(=O)CCCCCCCCCCC/C=C/CCCCCCCC. The molecule has 3 unspecified atom stereocenters. The second-order valence-corrected chi connectivity index (χ2v) is 23.7. The highest BCUT2D eigenvalue weighted by Gasteiger charge is 2.30. The lowest BCUT2D eigenvalue weighted by molar-refractivity contribution is -0.870. The number of esters is 1. The van der Waals surface area contributed by atoms with E-state index in [9.17, 15) is 19.0 Å². The van der Waals surface area contributed by atoms with E-state index < -0.39 is 20.0 Å². The Hall–Kier alpha value is -1.77. The molecule has 0 radical (unpaired) electrons. The molecule has 0 saturated carbocycles. The van der Waals surface area contributed by atoms with Crippen LogP contribution in [0.1, 0.15) is 297 Å². The zero-order valence-electron chi connectivity index (χ0n) is 48.4. The Bertz CT molecular complexity index is 1330. The first-order chi connectivity index (χ1) is 34.9. The van der Waals surface area contributed by atoms with Gasteiger partial charge < -0.3 is 19.4 Å². The van der Waals surface area contributed by atoms with Gasteiger partial charge in [-0.1, -0.05) is 237 Å². The molecular formula is C62H120N2O7P+. The summed E-state index contributed by atoms with van der Waals surface area (Å²) in [6.07, 6.45) is 62.7. The third-order valence-electron chi connectivity index (χ3n) is 13.8. The van der Waals surface area contributed by atoms with Gasteiger partial charge in [-0.05, 0) is 83.1 Å². The highest BCUT2D eigenvalue weighted by Crippen LogP contribution is 2.43. The molecule has 0 heterocycles. The third kappa shape index (κ3) is 53.1. The van der Waals surface area contributed by atoms with Crippen molar-refractivity contribution in [1.82, 2.24) is 5.32 Å². The van der Waals surface area contributed by atoms with Gasteiger partial charge in [0, 0.05) is 12.8 Å². The second-order valence-electron chi connectivity index (χ2n) is 22.2. The van der Waals surface area contributed by atoms with Crippen molar-refractivity contribution in [3.8, 4) is 0 Å². The van der Waals surface area contributed by atoms with E-state index in [1.165, 1.54) is 205 Å². The summed E-state index contributed by atoms with van der Waals surface area (Å²) in [5.41, 5.74) is 0. The molecule has 424 valence electrons. The van der Waals surface area contributed by atoms with Crippen LogP contribution in [-0.4, -0.2) is 74.3 Å². The number of phosphoric acid groups is 1. The van der Waals surface area contributed by atoms with Crippen LogP contribution in [0.2, 0.25) is 0 Å². The first kappa shape index (κ1) is 70.2. The number of phosphoric ester groups is 1. The maximum atomic E-state index is 13.5. The van der Waals surface area contributed by atoms with Crippen LogP contribution in [-0.2, 0) is 27.9 Å². The van der Waals surface area contributed by atoms with Gasteiger partial charge in [0.25, 0.3) is 0 Å². The highest BCUT2D eigenvalue weighted by atomic mass is 31.2. The number of allylic oxidation sites excluding steroid dienone is 5. The van der Waals surface area contributed by atoms with Gasteiger partial charge in [0.2, 0.25) is 5.91 Å². The molecule has 2 N–H and O–H groups in total. The average molecular weight is 1040 g/mol. The molecular weight excluding hydrogens is 916 g/mol. The van der Waals surface area contributed by atoms with Crippen LogP contribution in [0.5, 0.6) is 0 Å². The van der Waals surface area contributed by atoms with Gasteiger partial charge in [-0.25, -0.2) is 4.57 Å². The zero-order chi connectivity index (χ0) is 52.9. The number of nitrogens with zero attached hydrogens (tertiary/aromatic N) is 1. The molecule has 0 aliphatic carbocycles. The van der Waals surface area contributed by atoms with Crippen molar-refractivity contribution in [3.63, 3.8) is 0 Å². The van der Waals surface area contributed by atoms with Crippen molar-refractivity contribution in [2.45, 2.75) is 309 Å². The lowest BCUT2D eigenvalue weighted by atomic mass is 10.0. The summed E-state index contributed by atoms with van der Waals surface area (Å²) < 4.78 is 30.7. The average Bonchev–Trinajstić information content (AvgIpc) is 3.34. The number of amides is 1. The van der Waals surface area contributed by atoms with Crippen molar-refractivity contribution < 1.29 is 37.3 Å². The minimum atomic E-state index is -4.44. The second kappa shape index (κ2) is 52.7. The summed E-state index contributed by atoms with van der Waals surface area (Å²) in [6.45, 7) is 7.02. The van der Waals surface area contributed by atoms with Gasteiger partial charge in [-0.15, -0.1) is 0 Å². The summed E-state index contributed by atoms with van der Waals surface area (Å²) in [6, 6.07) is -0.848. The minimum Gasteiger partial charge on any atom is -0.456 e. The first-order valence-corrected chi connectivity index (χ1v) is 32.3. The summed E-state index contributed by atoms with van der Waals surface area (Å²) in [5.74, 6) is -0.503. The zero-order valence-corrected chi connectivity index (χ0v) is 49.3. The van der Waals surface area contributed by atoms with E-state index in [1.54, 1.807) is 0 Å². The molecule has 0 rings (SSSR count). The molecule has 72 heavy (non-hydrogen) atoms. The summed E-state index contributed by atoms with van der Waals surface area (Å²) in [7, 11) is 1.50. The molecule has 0 saturated heterocycles. The molecule has 0 aromatic carbocycles. The summed E-state index contributed by atoms with van der Waals surface area (Å²) in [4.78, 5) is 37.7. The number of nitrogens with one attached hydrogen (secondary N) is 1. The highest BCUT2D eigenvalue weighted by molar-refractivity contribution is 7.47. The Balaban J connectivity index is 5.25. The van der Waals surface area contributed by atoms with Gasteiger partial charge in [0.15, 0.2) is 0 Å². The van der Waals surface area contributed by atoms with Crippen molar-refractivity contribution in [3.05, 3.63) is 36.5 Å². The van der Waals surface area contributed by atoms with Crippen molar-refractivity contribution >= 4 is 19.7 Å². The van der Waals surface area contributed by atoms with E-state index in [0.29, 0.717) is 17.4 Å². The molecule has 0 aromatic heterocycles. The van der Waals surface area contributed by atoms with E-state index in [-0.39, 0.29) is 31.5 Å². The number of unbranched alkanes of at least 4 members (excludes halogenated alkanes) is 36. The van der Waals surface area contributed by atoms with Crippen LogP contribution in [0.4, 0.5) is 0 Å². The maximum absolute atomic E-state index is 13.5. The van der Waals surface area contributed by atoms with Crippen molar-refractivity contribution in [2.24, 2.45) is 0 Å². The Kier molecular flexibility index (Phi) is 51.4. The molecule has 0 spiro atoms. The number of quaternary nitrogens is 1. The molecule has 0 aliphatic rings. The number of rotatable bonds is 56. The molecule has 3 atom stereocenters. The van der Waals surface area contributed by atoms with E-state index in [4.69, 9.17) is 13.8 Å². The third-order valence-corrected chi connectivity index (χ3v) is 14.8. The number of likely N-dealkylation sites (N-methyl/N-ethyl adjacent to an activating group) is 1. The fourth-order valence-electron chi connectivity index (χ4n) is 8.99. The van der Waals surface area contributed by atoms with E-state index in [0.717, 1.165) is 57.8 Å². The number of ether oxygens (including phenoxy) is 1. The topological polar surface area (TPSA) is 111 Å².